The number of carbonyl (C=O) groups is 3. The summed E-state index contributed by atoms with van der Waals surface area (Å²) in [6.07, 6.45) is 9.09. The summed E-state index contributed by atoms with van der Waals surface area (Å²) < 4.78 is 10.7. The van der Waals surface area contributed by atoms with E-state index in [0.717, 1.165) is 40.2 Å². The van der Waals surface area contributed by atoms with Crippen LogP contribution in [0.15, 0.2) is 28.7 Å². The largest absolute Gasteiger partial charge is 2.00 e. The number of rotatable bonds is 8. The van der Waals surface area contributed by atoms with Crippen LogP contribution in [0, 0.1) is 43.4 Å². The van der Waals surface area contributed by atoms with Crippen LogP contribution in [-0.4, -0.2) is 65.6 Å². The fraction of sp³-hybridized carbons (Fsp3) is 0.475. The first-order chi connectivity index (χ1) is 23.8. The number of aromatic nitrogens is 2. The Hall–Kier alpha value is -3.96. The molecule has 1 aliphatic carbocycles. The van der Waals surface area contributed by atoms with Crippen LogP contribution in [0.3, 0.4) is 0 Å². The maximum Gasteiger partial charge on any atom is 2.00 e. The van der Waals surface area contributed by atoms with Crippen molar-refractivity contribution in [2.75, 3.05) is 13.7 Å². The van der Waals surface area contributed by atoms with Crippen molar-refractivity contribution in [1.29, 1.82) is 0 Å². The molecule has 6 rings (SSSR count). The van der Waals surface area contributed by atoms with E-state index in [2.05, 4.69) is 13.8 Å². The summed E-state index contributed by atoms with van der Waals surface area (Å²) in [5.74, 6) is -2.44. The number of hydrogen-bond acceptors (Lipinski definition) is 6. The minimum absolute atomic E-state index is 0. The summed E-state index contributed by atoms with van der Waals surface area (Å²) in [6.45, 7) is 15.8. The van der Waals surface area contributed by atoms with Crippen molar-refractivity contribution >= 4 is 70.3 Å². The molecule has 2 saturated heterocycles. The molecule has 0 amide bonds. The Morgan fingerprint density at radius 1 is 0.922 bits per heavy atom. The van der Waals surface area contributed by atoms with Gasteiger partial charge in [0.2, 0.25) is 0 Å². The van der Waals surface area contributed by atoms with E-state index in [4.69, 9.17) is 30.1 Å². The molecule has 5 heterocycles. The zero-order valence-electron chi connectivity index (χ0n) is 31.1. The number of Topliss-reactive ketones (excluding diaryl/α,β-unsaturated/α-hetero) is 1. The maximum absolute atomic E-state index is 13.4. The van der Waals surface area contributed by atoms with E-state index < -0.39 is 17.9 Å². The molecule has 8 bridgehead atoms. The van der Waals surface area contributed by atoms with E-state index in [0.29, 0.717) is 45.2 Å². The number of ketones is 1. The Balaban J connectivity index is 0.00000504. The fourth-order valence-corrected chi connectivity index (χ4v) is 8.09. The van der Waals surface area contributed by atoms with Gasteiger partial charge in [0.1, 0.15) is 18.3 Å². The number of ether oxygens (including phenoxy) is 2. The molecule has 0 aromatic carbocycles. The van der Waals surface area contributed by atoms with Gasteiger partial charge in [-0.2, -0.15) is 17.1 Å². The first kappa shape index (κ1) is 38.3. The number of aliphatic hydroxyl groups excluding tert-OH is 1. The molecule has 1 N–H and O–H groups in total. The molecule has 2 aromatic heterocycles. The molecule has 10 nitrogen and oxygen atoms in total. The summed E-state index contributed by atoms with van der Waals surface area (Å²) >= 11 is 0. The van der Waals surface area contributed by atoms with Gasteiger partial charge in [-0.25, -0.2) is 0 Å². The number of methoxy groups -OCH3 is 1. The predicted molar refractivity (Wildman–Crippen MR) is 199 cm³/mol. The number of fused-ring (bicyclic) bond motifs is 8. The van der Waals surface area contributed by atoms with E-state index in [1.54, 1.807) is 6.92 Å². The first-order valence-electron chi connectivity index (χ1n) is 17.5. The van der Waals surface area contributed by atoms with Crippen molar-refractivity contribution in [2.45, 2.75) is 80.7 Å². The van der Waals surface area contributed by atoms with Gasteiger partial charge in [-0.3, -0.25) is 14.4 Å². The van der Waals surface area contributed by atoms with Gasteiger partial charge in [-0.1, -0.05) is 73.7 Å². The number of carbonyl (C=O) groups excluding carboxylic acids is 3. The minimum atomic E-state index is -1.09. The normalized spacial score (nSPS) is 27.5. The Labute approximate surface area is 315 Å². The molecule has 0 radical (unpaired) electrons. The minimum Gasteiger partial charge on any atom is -0.681 e. The summed E-state index contributed by atoms with van der Waals surface area (Å²) in [6, 6.07) is -0.606. The topological polar surface area (TPSA) is 146 Å². The van der Waals surface area contributed by atoms with E-state index >= 15 is 0 Å². The second-order valence-electron chi connectivity index (χ2n) is 14.2. The smallest absolute Gasteiger partial charge is 0.681 e. The molecule has 4 aliphatic rings. The third-order valence-corrected chi connectivity index (χ3v) is 10.9. The van der Waals surface area contributed by atoms with E-state index in [9.17, 15) is 19.5 Å². The van der Waals surface area contributed by atoms with Gasteiger partial charge in [0, 0.05) is 17.2 Å². The average molecular weight is 703 g/mol. The summed E-state index contributed by atoms with van der Waals surface area (Å²) in [4.78, 5) is 49.4. The van der Waals surface area contributed by atoms with Crippen LogP contribution in [0.4, 0.5) is 0 Å². The van der Waals surface area contributed by atoms with Crippen LogP contribution in [0.1, 0.15) is 99.4 Å². The van der Waals surface area contributed by atoms with Gasteiger partial charge in [0.05, 0.1) is 7.11 Å². The SMILES string of the molecule is CC[C@H]1/C2=C/c3[n-]c4c(c3C)=C(O)[C@H](C(=O)OC)C=4[C@@H]3[N-]/C(=C\c4[n-]c(c(C(C)=O)c4C)/C=C(\[N-]2)[C@@H]1C)[C@@H](C)[C@@H]3CCC(=O)OCC=C(C)C.[Mg+2]. The first-order valence-corrected chi connectivity index (χ1v) is 17.5. The Morgan fingerprint density at radius 3 is 2.24 bits per heavy atom. The van der Waals surface area contributed by atoms with Gasteiger partial charge in [-0.15, -0.1) is 22.4 Å². The average Bonchev–Trinajstić information content (AvgIpc) is 3.80. The zero-order chi connectivity index (χ0) is 36.2. The molecule has 0 spiro atoms. The van der Waals surface area contributed by atoms with Gasteiger partial charge >= 0.3 is 35.0 Å². The number of hydrogen-bond donors (Lipinski definition) is 1. The van der Waals surface area contributed by atoms with Gasteiger partial charge in [0.25, 0.3) is 0 Å². The summed E-state index contributed by atoms with van der Waals surface area (Å²) in [5, 5.41) is 23.1. The van der Waals surface area contributed by atoms with E-state index in [-0.39, 0.29) is 77.3 Å². The van der Waals surface area contributed by atoms with Crippen molar-refractivity contribution in [3.63, 3.8) is 0 Å². The van der Waals surface area contributed by atoms with Crippen LogP contribution in [0.2, 0.25) is 0 Å². The van der Waals surface area contributed by atoms with Crippen LogP contribution in [0.5, 0.6) is 0 Å². The van der Waals surface area contributed by atoms with Crippen molar-refractivity contribution in [3.05, 3.63) is 83.7 Å². The van der Waals surface area contributed by atoms with E-state index in [1.165, 1.54) is 7.11 Å². The van der Waals surface area contributed by atoms with Crippen molar-refractivity contribution in [2.24, 2.45) is 29.6 Å². The van der Waals surface area contributed by atoms with Crippen LogP contribution >= 0.6 is 0 Å². The molecule has 0 saturated carbocycles. The number of allylic oxidation sites excluding steroid dienone is 4. The Kier molecular flexibility index (Phi) is 11.2. The fourth-order valence-electron chi connectivity index (χ4n) is 8.09. The van der Waals surface area contributed by atoms with Crippen molar-refractivity contribution < 1.29 is 29.0 Å². The Bertz CT molecular complexity index is 2020. The molecular formula is C40H46MgN4O6-2. The molecule has 2 fully saturated rings. The monoisotopic (exact) mass is 702 g/mol. The van der Waals surface area contributed by atoms with Crippen LogP contribution in [0.25, 0.3) is 40.2 Å². The quantitative estimate of drug-likeness (QED) is 0.159. The molecule has 0 unspecified atom stereocenters. The molecule has 6 atom stereocenters. The second-order valence-corrected chi connectivity index (χ2v) is 14.2. The molecule has 2 aromatic rings. The number of nitrogens with zero attached hydrogens (tertiary/aromatic N) is 4. The van der Waals surface area contributed by atoms with E-state index in [1.807, 2.05) is 58.9 Å². The van der Waals surface area contributed by atoms with Gasteiger partial charge < -0.3 is 35.2 Å². The standard InChI is InChI=1S/C40H47N4O6.Mg/c1-10-24-19(4)26-17-31-33(23(8)45)21(6)28(42-31)15-27-20(5)25(11-12-32(46)50-14-13-18(2)3)37(43-27)35-36(40(48)49-9)39(47)34-22(7)29(44-38(34)35)16-30(24)41-26;/h13,15-17,19-20,24-25,36-37H,10-12,14H2,1-9H3,(H2-,41,42,45,47);/q-3;+2/p-1/b27-15-,30-16-;/t19-,20+,24-,25+,36-,37-;/m1./s1. The number of esters is 2. The maximum atomic E-state index is 13.4. The third-order valence-electron chi connectivity index (χ3n) is 10.9. The van der Waals surface area contributed by atoms with Crippen molar-refractivity contribution in [1.82, 2.24) is 9.97 Å². The molecule has 266 valence electrons. The summed E-state index contributed by atoms with van der Waals surface area (Å²) in [5.41, 5.74) is 7.97. The van der Waals surface area contributed by atoms with Crippen molar-refractivity contribution in [3.8, 4) is 0 Å². The molecule has 3 aliphatic heterocycles. The molecule has 11 heteroatoms. The molecular weight excluding hydrogens is 657 g/mol. The van der Waals surface area contributed by atoms with Gasteiger partial charge in [-0.05, 0) is 70.8 Å². The predicted octanol–water partition coefficient (Wildman–Crippen LogP) is 5.74. The van der Waals surface area contributed by atoms with Crippen LogP contribution in [-0.2, 0) is 19.1 Å². The summed E-state index contributed by atoms with van der Waals surface area (Å²) in [7, 11) is 1.30. The molecule has 51 heavy (non-hydrogen) atoms. The second kappa shape index (κ2) is 14.9. The zero-order valence-corrected chi connectivity index (χ0v) is 32.5. The van der Waals surface area contributed by atoms with Gasteiger partial charge in [0.15, 0.2) is 5.78 Å². The number of aliphatic hydroxyl groups is 1. The van der Waals surface area contributed by atoms with Crippen LogP contribution < -0.4 is 20.5 Å². The third kappa shape index (κ3) is 6.75. The Morgan fingerprint density at radius 2 is 1.59 bits per heavy atom.